The Bertz CT molecular complexity index is 740. The van der Waals surface area contributed by atoms with Crippen LogP contribution in [0.5, 0.6) is 0 Å². The molecule has 4 heteroatoms. The van der Waals surface area contributed by atoms with Gasteiger partial charge in [0.15, 0.2) is 4.80 Å². The van der Waals surface area contributed by atoms with Crippen molar-refractivity contribution in [3.05, 3.63) is 55.1 Å². The summed E-state index contributed by atoms with van der Waals surface area (Å²) in [5.41, 5.74) is 2.36. The summed E-state index contributed by atoms with van der Waals surface area (Å²) in [5, 5.41) is 0. The number of nitrogens with zero attached hydrogens (tertiary/aromatic N) is 2. The molecular weight excluding hydrogens is 232 g/mol. The average Bonchev–Trinajstić information content (AvgIpc) is 2.84. The van der Waals surface area contributed by atoms with Crippen LogP contribution in [0.4, 0.5) is 0 Å². The van der Waals surface area contributed by atoms with Crippen molar-refractivity contribution >= 4 is 17.4 Å². The monoisotopic (exact) mass is 244 g/mol. The molecule has 0 saturated carbocycles. The Balaban J connectivity index is 2.20. The van der Waals surface area contributed by atoms with E-state index < -0.39 is 0 Å². The molecule has 0 saturated heterocycles. The molecule has 0 radical (unpaired) electrons. The van der Waals surface area contributed by atoms with Gasteiger partial charge in [0, 0.05) is 6.54 Å². The highest BCUT2D eigenvalue weighted by atomic mass is 32.1. The Morgan fingerprint density at radius 2 is 2.35 bits per heavy atom. The van der Waals surface area contributed by atoms with Gasteiger partial charge in [-0.15, -0.1) is 0 Å². The number of hydrogen-bond acceptors (Lipinski definition) is 3. The third-order valence-electron chi connectivity index (χ3n) is 2.80. The van der Waals surface area contributed by atoms with Gasteiger partial charge in [0.25, 0.3) is 5.56 Å². The predicted molar refractivity (Wildman–Crippen MR) is 69.0 cm³/mol. The molecule has 1 aliphatic heterocycles. The van der Waals surface area contributed by atoms with Gasteiger partial charge < -0.3 is 0 Å². The molecule has 0 atom stereocenters. The lowest BCUT2D eigenvalue weighted by Crippen LogP contribution is -2.29. The van der Waals surface area contributed by atoms with Gasteiger partial charge in [0.2, 0.25) is 0 Å². The van der Waals surface area contributed by atoms with Crippen LogP contribution in [0.2, 0.25) is 0 Å². The first-order valence-corrected chi connectivity index (χ1v) is 6.38. The molecule has 1 aromatic carbocycles. The Kier molecular flexibility index (Phi) is 2.44. The van der Waals surface area contributed by atoms with E-state index in [1.165, 1.54) is 16.9 Å². The van der Waals surface area contributed by atoms with Gasteiger partial charge in [0.1, 0.15) is 0 Å². The summed E-state index contributed by atoms with van der Waals surface area (Å²) in [5.74, 6) is 0. The topological polar surface area (TPSA) is 34.4 Å². The van der Waals surface area contributed by atoms with Crippen LogP contribution in [0.1, 0.15) is 11.1 Å². The van der Waals surface area contributed by atoms with Crippen LogP contribution in [0.25, 0.3) is 6.08 Å². The zero-order valence-electron chi connectivity index (χ0n) is 9.51. The number of hydrogen-bond donors (Lipinski definition) is 0. The van der Waals surface area contributed by atoms with Crippen LogP contribution in [-0.2, 0) is 6.54 Å². The van der Waals surface area contributed by atoms with Gasteiger partial charge in [-0.2, -0.15) is 0 Å². The zero-order valence-corrected chi connectivity index (χ0v) is 10.3. The van der Waals surface area contributed by atoms with Crippen molar-refractivity contribution in [3.63, 3.8) is 0 Å². The van der Waals surface area contributed by atoms with Crippen LogP contribution >= 0.6 is 11.3 Å². The lowest BCUT2D eigenvalue weighted by molar-refractivity contribution is 0.740. The minimum absolute atomic E-state index is 0.0905. The lowest BCUT2D eigenvalue weighted by Gasteiger charge is -1.93. The molecule has 0 spiro atoms. The fourth-order valence-corrected chi connectivity index (χ4v) is 3.01. The molecule has 0 bridgehead atoms. The van der Waals surface area contributed by atoms with Crippen molar-refractivity contribution in [1.82, 2.24) is 4.57 Å². The summed E-state index contributed by atoms with van der Waals surface area (Å²) >= 11 is 1.48. The van der Waals surface area contributed by atoms with E-state index in [1.54, 1.807) is 4.57 Å². The van der Waals surface area contributed by atoms with Crippen molar-refractivity contribution in [2.24, 2.45) is 4.99 Å². The number of fused-ring (bicyclic) bond motifs is 1. The van der Waals surface area contributed by atoms with Gasteiger partial charge in [-0.25, -0.2) is 0 Å². The second kappa shape index (κ2) is 3.96. The minimum atomic E-state index is 0.0905. The van der Waals surface area contributed by atoms with E-state index >= 15 is 0 Å². The first-order chi connectivity index (χ1) is 8.24. The Morgan fingerprint density at radius 1 is 1.47 bits per heavy atom. The van der Waals surface area contributed by atoms with E-state index in [-0.39, 0.29) is 5.56 Å². The highest BCUT2D eigenvalue weighted by Gasteiger charge is 2.09. The van der Waals surface area contributed by atoms with E-state index in [9.17, 15) is 4.79 Å². The maximum atomic E-state index is 12.0. The van der Waals surface area contributed by atoms with Gasteiger partial charge in [0.05, 0.1) is 11.1 Å². The summed E-state index contributed by atoms with van der Waals surface area (Å²) in [7, 11) is 0. The molecule has 0 fully saturated rings. The predicted octanol–water partition coefficient (Wildman–Crippen LogP) is 0.680. The minimum Gasteiger partial charge on any atom is -0.282 e. The summed E-state index contributed by atoms with van der Waals surface area (Å²) in [6.07, 6.45) is 1.95. The fraction of sp³-hybridized carbons (Fsp3) is 0.231. The quantitative estimate of drug-likeness (QED) is 0.726. The fourth-order valence-electron chi connectivity index (χ4n) is 1.98. The van der Waals surface area contributed by atoms with E-state index in [0.29, 0.717) is 0 Å². The molecule has 0 N–H and O–H groups in total. The van der Waals surface area contributed by atoms with Crippen LogP contribution in [0.3, 0.4) is 0 Å². The number of aromatic nitrogens is 1. The van der Waals surface area contributed by atoms with Gasteiger partial charge in [-0.3, -0.25) is 14.4 Å². The van der Waals surface area contributed by atoms with Crippen molar-refractivity contribution < 1.29 is 0 Å². The number of rotatable bonds is 1. The Labute approximate surface area is 102 Å². The van der Waals surface area contributed by atoms with Crippen molar-refractivity contribution in [2.45, 2.75) is 13.5 Å². The molecule has 0 amide bonds. The highest BCUT2D eigenvalue weighted by Crippen LogP contribution is 2.04. The molecule has 86 valence electrons. The second-order valence-corrected chi connectivity index (χ2v) is 5.15. The summed E-state index contributed by atoms with van der Waals surface area (Å²) in [6, 6.07) is 8.14. The van der Waals surface area contributed by atoms with Crippen molar-refractivity contribution in [2.75, 3.05) is 6.54 Å². The smallest absolute Gasteiger partial charge is 0.270 e. The van der Waals surface area contributed by atoms with Gasteiger partial charge in [-0.05, 0) is 18.6 Å². The van der Waals surface area contributed by atoms with Crippen LogP contribution in [-0.4, -0.2) is 11.1 Å². The van der Waals surface area contributed by atoms with Gasteiger partial charge in [-0.1, -0.05) is 41.2 Å². The normalized spacial score (nSPS) is 14.8. The molecule has 2 aromatic rings. The lowest BCUT2D eigenvalue weighted by atomic mass is 10.1. The number of aryl methyl sites for hydroxylation is 1. The number of thiazole rings is 1. The van der Waals surface area contributed by atoms with Crippen LogP contribution < -0.4 is 14.9 Å². The van der Waals surface area contributed by atoms with Crippen LogP contribution in [0.15, 0.2) is 34.1 Å². The largest absolute Gasteiger partial charge is 0.282 e. The van der Waals surface area contributed by atoms with E-state index in [1.807, 2.05) is 31.2 Å². The van der Waals surface area contributed by atoms with Gasteiger partial charge >= 0.3 is 0 Å². The van der Waals surface area contributed by atoms with Crippen LogP contribution in [0, 0.1) is 6.92 Å². The van der Waals surface area contributed by atoms with Crippen molar-refractivity contribution in [3.8, 4) is 0 Å². The third kappa shape index (κ3) is 1.85. The Hall–Kier alpha value is -1.68. The first-order valence-electron chi connectivity index (χ1n) is 5.56. The molecule has 1 aromatic heterocycles. The zero-order chi connectivity index (χ0) is 11.8. The SMILES string of the molecule is Cc1cccc(C=c2sc3n(c2=O)CCN=3)c1. The molecular formula is C13H12N2OS. The standard InChI is InChI=1S/C13H12N2OS/c1-9-3-2-4-10(7-9)8-11-12(16)15-6-5-14-13(15)17-11/h2-4,7-8H,5-6H2,1H3. The molecule has 3 rings (SSSR count). The van der Waals surface area contributed by atoms with E-state index in [2.05, 4.69) is 11.1 Å². The summed E-state index contributed by atoms with van der Waals surface area (Å²) in [6.45, 7) is 3.52. The molecule has 3 nitrogen and oxygen atoms in total. The molecule has 1 aliphatic rings. The molecule has 17 heavy (non-hydrogen) atoms. The molecule has 2 heterocycles. The maximum absolute atomic E-state index is 12.0. The summed E-state index contributed by atoms with van der Waals surface area (Å²) in [4.78, 5) is 17.2. The molecule has 0 unspecified atom stereocenters. The maximum Gasteiger partial charge on any atom is 0.270 e. The van der Waals surface area contributed by atoms with E-state index in [0.717, 1.165) is 28.0 Å². The molecule has 0 aliphatic carbocycles. The van der Waals surface area contributed by atoms with E-state index in [4.69, 9.17) is 0 Å². The Morgan fingerprint density at radius 3 is 3.12 bits per heavy atom. The second-order valence-electron chi connectivity index (χ2n) is 4.15. The number of benzene rings is 1. The average molecular weight is 244 g/mol. The van der Waals surface area contributed by atoms with Crippen molar-refractivity contribution in [1.29, 1.82) is 0 Å². The summed E-state index contributed by atoms with van der Waals surface area (Å²) < 4.78 is 2.53. The first kappa shape index (κ1) is 10.5. The highest BCUT2D eigenvalue weighted by molar-refractivity contribution is 7.07. The third-order valence-corrected chi connectivity index (χ3v) is 3.84.